The van der Waals surface area contributed by atoms with E-state index in [1.807, 2.05) is 12.1 Å². The van der Waals surface area contributed by atoms with Crippen LogP contribution in [0, 0.1) is 0 Å². The van der Waals surface area contributed by atoms with Gasteiger partial charge in [0.05, 0.1) is 0 Å². The topological polar surface area (TPSA) is 88.7 Å². The van der Waals surface area contributed by atoms with Gasteiger partial charge in [-0.05, 0) is 38.1 Å². The molecule has 0 bridgehead atoms. The second kappa shape index (κ2) is 9.27. The van der Waals surface area contributed by atoms with E-state index < -0.39 is 0 Å². The van der Waals surface area contributed by atoms with Crippen molar-refractivity contribution in [3.63, 3.8) is 0 Å². The molecule has 0 atom stereocenters. The number of rotatable bonds is 7. The molecule has 6 nitrogen and oxygen atoms in total. The fourth-order valence-corrected chi connectivity index (χ4v) is 2.39. The van der Waals surface area contributed by atoms with Crippen LogP contribution >= 0.6 is 0 Å². The van der Waals surface area contributed by atoms with Crippen LogP contribution in [-0.2, 0) is 0 Å². The highest BCUT2D eigenvalue weighted by molar-refractivity contribution is 5.85. The van der Waals surface area contributed by atoms with Crippen LogP contribution in [0.2, 0.25) is 0 Å². The van der Waals surface area contributed by atoms with E-state index in [2.05, 4.69) is 28.7 Å². The van der Waals surface area contributed by atoms with E-state index in [0.29, 0.717) is 11.1 Å². The van der Waals surface area contributed by atoms with Crippen LogP contribution in [0.25, 0.3) is 0 Å². The van der Waals surface area contributed by atoms with Gasteiger partial charge >= 0.3 is 0 Å². The van der Waals surface area contributed by atoms with Crippen LogP contribution in [0.1, 0.15) is 25.0 Å². The van der Waals surface area contributed by atoms with E-state index in [0.717, 1.165) is 18.8 Å². The van der Waals surface area contributed by atoms with Gasteiger partial charge in [-0.2, -0.15) is 0 Å². The summed E-state index contributed by atoms with van der Waals surface area (Å²) in [5.41, 5.74) is 2.07. The first-order valence-electron chi connectivity index (χ1n) is 8.36. The molecule has 2 aromatic rings. The highest BCUT2D eigenvalue weighted by atomic mass is 16.3. The molecule has 3 N–H and O–H groups in total. The summed E-state index contributed by atoms with van der Waals surface area (Å²) in [6, 6.07) is 9.76. The molecule has 0 amide bonds. The van der Waals surface area contributed by atoms with Crippen molar-refractivity contribution in [3.8, 4) is 17.2 Å². The van der Waals surface area contributed by atoms with Gasteiger partial charge in [0.15, 0.2) is 0 Å². The molecule has 0 aromatic heterocycles. The van der Waals surface area contributed by atoms with Gasteiger partial charge in [0.1, 0.15) is 17.2 Å². The lowest BCUT2D eigenvalue weighted by molar-refractivity contribution is 0.450. The monoisotopic (exact) mass is 353 g/mol. The lowest BCUT2D eigenvalue weighted by Crippen LogP contribution is -2.21. The molecule has 0 saturated carbocycles. The first-order valence-corrected chi connectivity index (χ1v) is 8.36. The summed E-state index contributed by atoms with van der Waals surface area (Å²) in [5, 5.41) is 29.0. The molecule has 2 aromatic carbocycles. The predicted octanol–water partition coefficient (Wildman–Crippen LogP) is 3.66. The molecule has 0 unspecified atom stereocenters. The zero-order valence-electron chi connectivity index (χ0n) is 14.9. The lowest BCUT2D eigenvalue weighted by atomic mass is 10.2. The summed E-state index contributed by atoms with van der Waals surface area (Å²) in [6.07, 6.45) is 5.94. The Hall–Kier alpha value is -3.28. The van der Waals surface area contributed by atoms with Crippen molar-refractivity contribution in [2.45, 2.75) is 13.8 Å². The maximum atomic E-state index is 10.1. The van der Waals surface area contributed by atoms with Gasteiger partial charge in [0, 0.05) is 66.9 Å². The molecule has 0 aliphatic heterocycles. The summed E-state index contributed by atoms with van der Waals surface area (Å²) in [7, 11) is 0. The Morgan fingerprint density at radius 2 is 1.35 bits per heavy atom. The molecular formula is C20H23N3O3. The first-order chi connectivity index (χ1) is 12.5. The number of anilines is 1. The molecule has 0 aliphatic rings. The van der Waals surface area contributed by atoms with Crippen LogP contribution in [0.4, 0.5) is 5.69 Å². The maximum Gasteiger partial charge on any atom is 0.128 e. The molecule has 0 radical (unpaired) electrons. The average molecular weight is 353 g/mol. The Kier molecular flexibility index (Phi) is 6.79. The fraction of sp³-hybridized carbons (Fsp3) is 0.200. The van der Waals surface area contributed by atoms with Gasteiger partial charge in [-0.15, -0.1) is 0 Å². The molecule has 0 spiro atoms. The molecule has 0 fully saturated rings. The van der Waals surface area contributed by atoms with Crippen LogP contribution in [-0.4, -0.2) is 40.8 Å². The predicted molar refractivity (Wildman–Crippen MR) is 106 cm³/mol. The quantitative estimate of drug-likeness (QED) is 0.663. The Labute approximate surface area is 153 Å². The summed E-state index contributed by atoms with van der Waals surface area (Å²) < 4.78 is 0. The third kappa shape index (κ3) is 5.11. The summed E-state index contributed by atoms with van der Waals surface area (Å²) in [5.74, 6) is 0.111. The molecule has 0 aliphatic carbocycles. The van der Waals surface area contributed by atoms with Gasteiger partial charge in [0.25, 0.3) is 0 Å². The SMILES string of the molecule is CCN(CC)c1ccc(\C=N/C=C/N=C\c2ccc(O)cc2O)c(O)c1. The fourth-order valence-electron chi connectivity index (χ4n) is 2.39. The Morgan fingerprint density at radius 1 is 0.808 bits per heavy atom. The minimum absolute atomic E-state index is 0.00777. The molecule has 2 rings (SSSR count). The Bertz CT molecular complexity index is 825. The van der Waals surface area contributed by atoms with E-state index >= 15 is 0 Å². The number of hydrogen-bond donors (Lipinski definition) is 3. The molecule has 6 heteroatoms. The number of benzene rings is 2. The largest absolute Gasteiger partial charge is 0.508 e. The first kappa shape index (κ1) is 19.1. The van der Waals surface area contributed by atoms with Crippen molar-refractivity contribution in [1.29, 1.82) is 0 Å². The molecular weight excluding hydrogens is 330 g/mol. The normalized spacial score (nSPS) is 11.8. The van der Waals surface area contributed by atoms with Gasteiger partial charge in [-0.25, -0.2) is 0 Å². The van der Waals surface area contributed by atoms with Crippen LogP contribution in [0.3, 0.4) is 0 Å². The van der Waals surface area contributed by atoms with Gasteiger partial charge in [0.2, 0.25) is 0 Å². The number of aromatic hydroxyl groups is 3. The summed E-state index contributed by atoms with van der Waals surface area (Å²) in [6.45, 7) is 5.89. The van der Waals surface area contributed by atoms with E-state index in [9.17, 15) is 15.3 Å². The summed E-state index contributed by atoms with van der Waals surface area (Å²) >= 11 is 0. The van der Waals surface area contributed by atoms with Crippen molar-refractivity contribution in [1.82, 2.24) is 0 Å². The molecule has 26 heavy (non-hydrogen) atoms. The maximum absolute atomic E-state index is 10.1. The standard InChI is InChI=1S/C20H23N3O3/c1-3-23(4-2)17-7-5-15(19(25)11-17)13-21-9-10-22-14-16-6-8-18(24)12-20(16)26/h5-14,24-26H,3-4H2,1-2H3/b10-9+,21-13-,22-14-. The van der Waals surface area contributed by atoms with E-state index in [1.165, 1.54) is 30.7 Å². The highest BCUT2D eigenvalue weighted by Gasteiger charge is 2.05. The number of nitrogens with zero attached hydrogens (tertiary/aromatic N) is 3. The Morgan fingerprint density at radius 3 is 1.85 bits per heavy atom. The molecule has 136 valence electrons. The van der Waals surface area contributed by atoms with Crippen LogP contribution in [0.15, 0.2) is 58.8 Å². The van der Waals surface area contributed by atoms with Crippen molar-refractivity contribution in [2.24, 2.45) is 9.98 Å². The second-order valence-corrected chi connectivity index (χ2v) is 5.51. The van der Waals surface area contributed by atoms with E-state index in [1.54, 1.807) is 18.3 Å². The van der Waals surface area contributed by atoms with Crippen molar-refractivity contribution in [2.75, 3.05) is 18.0 Å². The summed E-state index contributed by atoms with van der Waals surface area (Å²) in [4.78, 5) is 10.3. The van der Waals surface area contributed by atoms with Crippen molar-refractivity contribution in [3.05, 3.63) is 59.9 Å². The van der Waals surface area contributed by atoms with Crippen molar-refractivity contribution >= 4 is 18.1 Å². The third-order valence-corrected chi connectivity index (χ3v) is 3.82. The van der Waals surface area contributed by atoms with E-state index in [4.69, 9.17) is 0 Å². The lowest BCUT2D eigenvalue weighted by Gasteiger charge is -2.21. The van der Waals surface area contributed by atoms with Gasteiger partial charge in [-0.1, -0.05) is 0 Å². The van der Waals surface area contributed by atoms with Gasteiger partial charge < -0.3 is 20.2 Å². The highest BCUT2D eigenvalue weighted by Crippen LogP contribution is 2.23. The van der Waals surface area contributed by atoms with Crippen molar-refractivity contribution < 1.29 is 15.3 Å². The molecule has 0 heterocycles. The number of aliphatic imine (C=N–C) groups is 2. The number of phenols is 3. The average Bonchev–Trinajstić information content (AvgIpc) is 2.62. The number of phenolic OH excluding ortho intramolecular Hbond substituents is 3. The Balaban J connectivity index is 1.99. The minimum Gasteiger partial charge on any atom is -0.508 e. The van der Waals surface area contributed by atoms with E-state index in [-0.39, 0.29) is 17.2 Å². The minimum atomic E-state index is -0.0520. The second-order valence-electron chi connectivity index (χ2n) is 5.51. The molecule has 0 saturated heterocycles. The van der Waals surface area contributed by atoms with Crippen LogP contribution in [0.5, 0.6) is 17.2 Å². The zero-order valence-corrected chi connectivity index (χ0v) is 14.9. The third-order valence-electron chi connectivity index (χ3n) is 3.82. The zero-order chi connectivity index (χ0) is 18.9. The number of hydrogen-bond acceptors (Lipinski definition) is 6. The smallest absolute Gasteiger partial charge is 0.128 e. The van der Waals surface area contributed by atoms with Crippen LogP contribution < -0.4 is 4.90 Å². The van der Waals surface area contributed by atoms with Gasteiger partial charge in [-0.3, -0.25) is 9.98 Å².